The molecular formula is C20H17N5O. The molecule has 0 saturated carbocycles. The van der Waals surface area contributed by atoms with Crippen LogP contribution in [0.1, 0.15) is 0 Å². The lowest BCUT2D eigenvalue weighted by atomic mass is 10.0. The Balaban J connectivity index is 1.77. The first-order chi connectivity index (χ1) is 12.6. The van der Waals surface area contributed by atoms with Gasteiger partial charge in [0.2, 0.25) is 5.96 Å². The second kappa shape index (κ2) is 6.25. The molecule has 0 fully saturated rings. The van der Waals surface area contributed by atoms with E-state index in [4.69, 9.17) is 21.6 Å². The Labute approximate surface area is 149 Å². The van der Waals surface area contributed by atoms with Gasteiger partial charge in [-0.2, -0.15) is 4.99 Å². The first-order valence-electron chi connectivity index (χ1n) is 8.06. The zero-order valence-corrected chi connectivity index (χ0v) is 13.9. The van der Waals surface area contributed by atoms with Crippen molar-refractivity contribution >= 4 is 39.5 Å². The highest BCUT2D eigenvalue weighted by Crippen LogP contribution is 2.35. The van der Waals surface area contributed by atoms with E-state index >= 15 is 0 Å². The number of benzene rings is 3. The van der Waals surface area contributed by atoms with E-state index in [2.05, 4.69) is 22.1 Å². The lowest BCUT2D eigenvalue weighted by molar-refractivity contribution is 0.670. The van der Waals surface area contributed by atoms with Crippen LogP contribution < -0.4 is 17.2 Å². The summed E-state index contributed by atoms with van der Waals surface area (Å²) >= 11 is 0. The first kappa shape index (κ1) is 15.7. The molecular weight excluding hydrogens is 326 g/mol. The second-order valence-electron chi connectivity index (χ2n) is 5.83. The van der Waals surface area contributed by atoms with Crippen LogP contribution in [0.3, 0.4) is 0 Å². The minimum atomic E-state index is -0.126. The average molecular weight is 343 g/mol. The molecule has 128 valence electrons. The molecule has 0 unspecified atom stereocenters. The molecule has 3 aromatic carbocycles. The van der Waals surface area contributed by atoms with Crippen molar-refractivity contribution in [3.63, 3.8) is 0 Å². The van der Waals surface area contributed by atoms with Gasteiger partial charge in [0.15, 0.2) is 5.96 Å². The Hall–Kier alpha value is -3.80. The van der Waals surface area contributed by atoms with Crippen molar-refractivity contribution in [1.29, 1.82) is 0 Å². The highest BCUT2D eigenvalue weighted by molar-refractivity contribution is 6.09. The number of nitrogens with two attached hydrogens (primary N) is 3. The van der Waals surface area contributed by atoms with E-state index in [1.165, 1.54) is 0 Å². The largest absolute Gasteiger partial charge is 0.455 e. The van der Waals surface area contributed by atoms with Gasteiger partial charge >= 0.3 is 0 Å². The lowest BCUT2D eigenvalue weighted by Crippen LogP contribution is -2.26. The van der Waals surface area contributed by atoms with Crippen molar-refractivity contribution < 1.29 is 4.42 Å². The molecule has 0 aliphatic heterocycles. The summed E-state index contributed by atoms with van der Waals surface area (Å²) in [6.45, 7) is 0. The standard InChI is InChI=1S/C20H17N5O/c21-19(22)25-20(23)24-13-10-8-12(9-11-13)14-5-3-6-16-15-4-1-2-7-17(15)26-18(14)16/h1-11H,(H6,21,22,23,24,25). The van der Waals surface area contributed by atoms with E-state index in [-0.39, 0.29) is 11.9 Å². The maximum absolute atomic E-state index is 6.08. The molecule has 0 aliphatic carbocycles. The Morgan fingerprint density at radius 2 is 1.50 bits per heavy atom. The minimum absolute atomic E-state index is 0.0112. The van der Waals surface area contributed by atoms with Crippen LogP contribution in [-0.4, -0.2) is 11.9 Å². The van der Waals surface area contributed by atoms with Crippen molar-refractivity contribution in [2.75, 3.05) is 0 Å². The summed E-state index contributed by atoms with van der Waals surface area (Å²) in [6, 6.07) is 21.8. The predicted molar refractivity (Wildman–Crippen MR) is 106 cm³/mol. The van der Waals surface area contributed by atoms with Crippen LogP contribution >= 0.6 is 0 Å². The maximum Gasteiger partial charge on any atom is 0.223 e. The van der Waals surface area contributed by atoms with Crippen molar-refractivity contribution in [3.05, 3.63) is 66.7 Å². The molecule has 0 saturated heterocycles. The van der Waals surface area contributed by atoms with Crippen molar-refractivity contribution in [2.45, 2.75) is 0 Å². The molecule has 6 nitrogen and oxygen atoms in total. The van der Waals surface area contributed by atoms with Gasteiger partial charge in [0.05, 0.1) is 5.69 Å². The Morgan fingerprint density at radius 1 is 0.769 bits per heavy atom. The number of fused-ring (bicyclic) bond motifs is 3. The fourth-order valence-corrected chi connectivity index (χ4v) is 2.98. The molecule has 1 aromatic heterocycles. The minimum Gasteiger partial charge on any atom is -0.455 e. The molecule has 0 amide bonds. The quantitative estimate of drug-likeness (QED) is 0.381. The smallest absolute Gasteiger partial charge is 0.223 e. The number of aliphatic imine (C=N–C) groups is 2. The highest BCUT2D eigenvalue weighted by Gasteiger charge is 2.11. The fraction of sp³-hybridized carbons (Fsp3) is 0. The molecule has 26 heavy (non-hydrogen) atoms. The Bertz CT molecular complexity index is 1150. The van der Waals surface area contributed by atoms with E-state index < -0.39 is 0 Å². The number of guanidine groups is 2. The van der Waals surface area contributed by atoms with Crippen LogP contribution in [0.4, 0.5) is 5.69 Å². The Kier molecular flexibility index (Phi) is 3.78. The lowest BCUT2D eigenvalue weighted by Gasteiger charge is -2.03. The van der Waals surface area contributed by atoms with Gasteiger partial charge in [-0.15, -0.1) is 0 Å². The van der Waals surface area contributed by atoms with Gasteiger partial charge in [-0.25, -0.2) is 4.99 Å². The third-order valence-corrected chi connectivity index (χ3v) is 4.07. The second-order valence-corrected chi connectivity index (χ2v) is 5.83. The van der Waals surface area contributed by atoms with E-state index in [1.807, 2.05) is 54.6 Å². The van der Waals surface area contributed by atoms with Gasteiger partial charge < -0.3 is 21.6 Å². The van der Waals surface area contributed by atoms with E-state index in [0.717, 1.165) is 33.1 Å². The number of nitrogens with zero attached hydrogens (tertiary/aromatic N) is 2. The SMILES string of the molecule is NC(N)=NC(N)=Nc1ccc(-c2cccc3c2oc2ccccc23)cc1. The molecule has 4 rings (SSSR count). The predicted octanol–water partition coefficient (Wildman–Crippen LogP) is 3.47. The van der Waals surface area contributed by atoms with Gasteiger partial charge in [-0.05, 0) is 23.8 Å². The van der Waals surface area contributed by atoms with E-state index in [1.54, 1.807) is 0 Å². The third kappa shape index (κ3) is 2.84. The van der Waals surface area contributed by atoms with Crippen LogP contribution in [-0.2, 0) is 0 Å². The number of para-hydroxylation sites is 2. The topological polar surface area (TPSA) is 116 Å². The molecule has 4 aromatic rings. The van der Waals surface area contributed by atoms with Crippen molar-refractivity contribution in [2.24, 2.45) is 27.2 Å². The summed E-state index contributed by atoms with van der Waals surface area (Å²) in [6.07, 6.45) is 0. The summed E-state index contributed by atoms with van der Waals surface area (Å²) in [5.74, 6) is -0.114. The molecule has 0 atom stereocenters. The average Bonchev–Trinajstić information content (AvgIpc) is 3.00. The molecule has 6 N–H and O–H groups in total. The van der Waals surface area contributed by atoms with Crippen molar-refractivity contribution in [3.8, 4) is 11.1 Å². The number of hydrogen-bond donors (Lipinski definition) is 3. The van der Waals surface area contributed by atoms with Crippen LogP contribution in [0.5, 0.6) is 0 Å². The van der Waals surface area contributed by atoms with E-state index in [0.29, 0.717) is 5.69 Å². The third-order valence-electron chi connectivity index (χ3n) is 4.07. The molecule has 0 radical (unpaired) electrons. The molecule has 6 heteroatoms. The number of hydrogen-bond acceptors (Lipinski definition) is 2. The zero-order valence-electron chi connectivity index (χ0n) is 13.9. The summed E-state index contributed by atoms with van der Waals surface area (Å²) in [7, 11) is 0. The zero-order chi connectivity index (χ0) is 18.1. The van der Waals surface area contributed by atoms with Crippen molar-refractivity contribution in [1.82, 2.24) is 0 Å². The summed E-state index contributed by atoms with van der Waals surface area (Å²) < 4.78 is 6.08. The number of rotatable bonds is 2. The number of furan rings is 1. The Morgan fingerprint density at radius 3 is 2.27 bits per heavy atom. The summed E-state index contributed by atoms with van der Waals surface area (Å²) in [4.78, 5) is 7.86. The van der Waals surface area contributed by atoms with Gasteiger partial charge in [0.25, 0.3) is 0 Å². The summed E-state index contributed by atoms with van der Waals surface area (Å²) in [5, 5.41) is 2.20. The fourth-order valence-electron chi connectivity index (χ4n) is 2.98. The summed E-state index contributed by atoms with van der Waals surface area (Å²) in [5.41, 5.74) is 20.7. The monoisotopic (exact) mass is 343 g/mol. The van der Waals surface area contributed by atoms with E-state index in [9.17, 15) is 0 Å². The van der Waals surface area contributed by atoms with Gasteiger partial charge in [-0.1, -0.05) is 48.5 Å². The molecule has 1 heterocycles. The first-order valence-corrected chi connectivity index (χ1v) is 8.06. The normalized spacial score (nSPS) is 11.8. The van der Waals surface area contributed by atoms with Gasteiger partial charge in [0, 0.05) is 16.3 Å². The van der Waals surface area contributed by atoms with Gasteiger partial charge in [-0.3, -0.25) is 0 Å². The van der Waals surface area contributed by atoms with Crippen LogP contribution in [0.25, 0.3) is 33.1 Å². The van der Waals surface area contributed by atoms with Crippen LogP contribution in [0.15, 0.2) is 81.1 Å². The maximum atomic E-state index is 6.08. The molecule has 0 bridgehead atoms. The van der Waals surface area contributed by atoms with Crippen LogP contribution in [0.2, 0.25) is 0 Å². The molecule has 0 aliphatic rings. The van der Waals surface area contributed by atoms with Gasteiger partial charge in [0.1, 0.15) is 11.2 Å². The highest BCUT2D eigenvalue weighted by atomic mass is 16.3. The molecule has 0 spiro atoms. The van der Waals surface area contributed by atoms with Crippen LogP contribution in [0, 0.1) is 0 Å².